The molecule has 1 nitrogen and oxygen atoms in total. The Morgan fingerprint density at radius 1 is 1.67 bits per heavy atom. The Bertz CT molecular complexity index is 108. The van der Waals surface area contributed by atoms with Crippen molar-refractivity contribution in [3.8, 4) is 0 Å². The molecule has 0 heterocycles. The molecule has 1 N–H and O–H groups in total. The van der Waals surface area contributed by atoms with Gasteiger partial charge in [0, 0.05) is 0 Å². The van der Waals surface area contributed by atoms with E-state index in [2.05, 4.69) is 5.73 Å². The summed E-state index contributed by atoms with van der Waals surface area (Å²) in [6.07, 6.45) is 5.37. The van der Waals surface area contributed by atoms with E-state index in [9.17, 15) is 0 Å². The molecule has 1 atom stereocenters. The third-order valence-electron chi connectivity index (χ3n) is 1.01. The Balaban J connectivity index is 3.20. The van der Waals surface area contributed by atoms with Crippen molar-refractivity contribution in [1.29, 1.82) is 0 Å². The summed E-state index contributed by atoms with van der Waals surface area (Å²) < 4.78 is 0. The van der Waals surface area contributed by atoms with E-state index < -0.39 is 0 Å². The molecule has 0 aromatic heterocycles. The van der Waals surface area contributed by atoms with E-state index in [0.717, 1.165) is 12.8 Å². The average molecular weight is 126 g/mol. The molecule has 0 amide bonds. The molecule has 0 bridgehead atoms. The van der Waals surface area contributed by atoms with Crippen LogP contribution in [-0.4, -0.2) is 11.2 Å². The van der Waals surface area contributed by atoms with Crippen molar-refractivity contribution in [2.75, 3.05) is 0 Å². The maximum absolute atomic E-state index is 8.79. The van der Waals surface area contributed by atoms with Gasteiger partial charge in [0.25, 0.3) is 0 Å². The van der Waals surface area contributed by atoms with Crippen LogP contribution in [0, 0.1) is 0 Å². The first-order valence-corrected chi connectivity index (χ1v) is 3.31. The highest BCUT2D eigenvalue weighted by Gasteiger charge is 1.89. The predicted octanol–water partition coefficient (Wildman–Crippen LogP) is 1.88. The van der Waals surface area contributed by atoms with Crippen LogP contribution in [-0.2, 0) is 0 Å². The molecule has 0 radical (unpaired) electrons. The van der Waals surface area contributed by atoms with Crippen LogP contribution in [0.5, 0.6) is 0 Å². The summed E-state index contributed by atoms with van der Waals surface area (Å²) in [5.41, 5.74) is 2.94. The third kappa shape index (κ3) is 7.48. The number of hydrogen-bond donors (Lipinski definition) is 1. The van der Waals surface area contributed by atoms with E-state index in [-0.39, 0.29) is 6.10 Å². The Kier molecular flexibility index (Phi) is 5.29. The molecule has 1 unspecified atom stereocenters. The lowest BCUT2D eigenvalue weighted by Gasteiger charge is -1.96. The molecule has 0 aliphatic rings. The lowest BCUT2D eigenvalue weighted by atomic mass is 10.2. The maximum atomic E-state index is 8.79. The van der Waals surface area contributed by atoms with Crippen molar-refractivity contribution in [3.05, 3.63) is 17.9 Å². The highest BCUT2D eigenvalue weighted by atomic mass is 16.3. The molecule has 0 aromatic rings. The summed E-state index contributed by atoms with van der Waals surface area (Å²) in [5, 5.41) is 8.79. The molecule has 0 aliphatic carbocycles. The van der Waals surface area contributed by atoms with Gasteiger partial charge in [0.2, 0.25) is 0 Å². The Labute approximate surface area is 56.7 Å². The monoisotopic (exact) mass is 126 g/mol. The fourth-order valence-electron chi connectivity index (χ4n) is 0.526. The summed E-state index contributed by atoms with van der Waals surface area (Å²) in [6, 6.07) is 0. The second kappa shape index (κ2) is 5.61. The maximum Gasteiger partial charge on any atom is 0.0515 e. The van der Waals surface area contributed by atoms with E-state index in [4.69, 9.17) is 5.11 Å². The van der Waals surface area contributed by atoms with Crippen LogP contribution in [0.3, 0.4) is 0 Å². The topological polar surface area (TPSA) is 20.2 Å². The zero-order valence-corrected chi connectivity index (χ0v) is 6.09. The van der Waals surface area contributed by atoms with Gasteiger partial charge in [-0.3, -0.25) is 0 Å². The van der Waals surface area contributed by atoms with Crippen molar-refractivity contribution in [3.63, 3.8) is 0 Å². The van der Waals surface area contributed by atoms with Gasteiger partial charge in [0.1, 0.15) is 0 Å². The molecule has 0 saturated carbocycles. The summed E-state index contributed by atoms with van der Waals surface area (Å²) >= 11 is 0. The minimum absolute atomic E-state index is 0.181. The standard InChI is InChI=1S/C8H14O/c1-3-4-5-6-7-8(2)9/h3,5,8-9H,6-7H2,1-2H3. The molecule has 1 heteroatoms. The molecule has 52 valence electrons. The Hall–Kier alpha value is -0.520. The lowest BCUT2D eigenvalue weighted by molar-refractivity contribution is 0.186. The lowest BCUT2D eigenvalue weighted by Crippen LogP contribution is -1.96. The largest absolute Gasteiger partial charge is 0.393 e. The van der Waals surface area contributed by atoms with Gasteiger partial charge in [0.15, 0.2) is 0 Å². The van der Waals surface area contributed by atoms with E-state index in [0.29, 0.717) is 0 Å². The zero-order valence-electron chi connectivity index (χ0n) is 6.09. The van der Waals surface area contributed by atoms with Crippen LogP contribution in [0.1, 0.15) is 26.7 Å². The molecule has 9 heavy (non-hydrogen) atoms. The van der Waals surface area contributed by atoms with Gasteiger partial charge in [-0.05, 0) is 38.8 Å². The first-order valence-electron chi connectivity index (χ1n) is 3.31. The van der Waals surface area contributed by atoms with Gasteiger partial charge >= 0.3 is 0 Å². The highest BCUT2D eigenvalue weighted by molar-refractivity contribution is 4.81. The van der Waals surface area contributed by atoms with Crippen LogP contribution in [0.4, 0.5) is 0 Å². The number of allylic oxidation sites excluding steroid dienone is 1. The fraction of sp³-hybridized carbons (Fsp3) is 0.625. The minimum atomic E-state index is -0.181. The molecular formula is C8H14O. The normalized spacial score (nSPS) is 11.9. The predicted molar refractivity (Wildman–Crippen MR) is 39.2 cm³/mol. The molecule has 0 rings (SSSR count). The third-order valence-corrected chi connectivity index (χ3v) is 1.01. The first kappa shape index (κ1) is 8.48. The van der Waals surface area contributed by atoms with E-state index in [1.165, 1.54) is 0 Å². The highest BCUT2D eigenvalue weighted by Crippen LogP contribution is 1.94. The van der Waals surface area contributed by atoms with Crippen LogP contribution < -0.4 is 0 Å². The van der Waals surface area contributed by atoms with E-state index in [1.807, 2.05) is 19.1 Å². The van der Waals surface area contributed by atoms with Gasteiger partial charge in [-0.2, -0.15) is 0 Å². The smallest absolute Gasteiger partial charge is 0.0515 e. The van der Waals surface area contributed by atoms with Gasteiger partial charge in [-0.25, -0.2) is 0 Å². The van der Waals surface area contributed by atoms with Crippen molar-refractivity contribution >= 4 is 0 Å². The minimum Gasteiger partial charge on any atom is -0.393 e. The number of hydrogen-bond acceptors (Lipinski definition) is 1. The summed E-state index contributed by atoms with van der Waals surface area (Å²) in [5.74, 6) is 0. The van der Waals surface area contributed by atoms with E-state index >= 15 is 0 Å². The molecule has 0 fully saturated rings. The molecule has 0 spiro atoms. The zero-order chi connectivity index (χ0) is 7.11. The van der Waals surface area contributed by atoms with Crippen LogP contribution in [0.15, 0.2) is 17.9 Å². The van der Waals surface area contributed by atoms with Crippen LogP contribution in [0.2, 0.25) is 0 Å². The summed E-state index contributed by atoms with van der Waals surface area (Å²) in [4.78, 5) is 0. The SMILES string of the molecule is CC=C=CCCC(C)O. The molecule has 0 aliphatic heterocycles. The van der Waals surface area contributed by atoms with Crippen molar-refractivity contribution in [2.45, 2.75) is 32.8 Å². The van der Waals surface area contributed by atoms with Crippen molar-refractivity contribution in [2.24, 2.45) is 0 Å². The van der Waals surface area contributed by atoms with E-state index in [1.54, 1.807) is 6.92 Å². The first-order chi connectivity index (χ1) is 4.27. The molecule has 0 saturated heterocycles. The summed E-state index contributed by atoms with van der Waals surface area (Å²) in [7, 11) is 0. The molecule has 0 aromatic carbocycles. The second-order valence-electron chi connectivity index (χ2n) is 2.09. The van der Waals surface area contributed by atoms with Gasteiger partial charge < -0.3 is 5.11 Å². The van der Waals surface area contributed by atoms with Crippen molar-refractivity contribution in [1.82, 2.24) is 0 Å². The van der Waals surface area contributed by atoms with Crippen LogP contribution >= 0.6 is 0 Å². The summed E-state index contributed by atoms with van der Waals surface area (Å²) in [6.45, 7) is 3.72. The van der Waals surface area contributed by atoms with Gasteiger partial charge in [0.05, 0.1) is 6.10 Å². The van der Waals surface area contributed by atoms with Gasteiger partial charge in [-0.1, -0.05) is 0 Å². The fourth-order valence-corrected chi connectivity index (χ4v) is 0.526. The average Bonchev–Trinajstić information content (AvgIpc) is 1.80. The molecular weight excluding hydrogens is 112 g/mol. The number of rotatable bonds is 3. The Morgan fingerprint density at radius 2 is 2.33 bits per heavy atom. The van der Waals surface area contributed by atoms with Gasteiger partial charge in [-0.15, -0.1) is 5.73 Å². The second-order valence-corrected chi connectivity index (χ2v) is 2.09. The number of aliphatic hydroxyl groups is 1. The number of aliphatic hydroxyl groups excluding tert-OH is 1. The van der Waals surface area contributed by atoms with Crippen LogP contribution in [0.25, 0.3) is 0 Å². The quantitative estimate of drug-likeness (QED) is 0.572. The Morgan fingerprint density at radius 3 is 2.78 bits per heavy atom. The van der Waals surface area contributed by atoms with Crippen molar-refractivity contribution < 1.29 is 5.11 Å².